The minimum absolute atomic E-state index is 0.0177. The molecule has 0 unspecified atom stereocenters. The maximum atomic E-state index is 12.8. The number of alkyl halides is 3. The highest BCUT2D eigenvalue weighted by Crippen LogP contribution is 2.26. The van der Waals surface area contributed by atoms with Crippen molar-refractivity contribution < 1.29 is 27.4 Å². The standard InChI is InChI=1S/C24H28F3N3O3/c1-28(23(31)19-2-3-20-17-32-15-8-18(20)16-19)9-10-29-11-13-30(14-12-29)21-4-6-22(7-5-21)33-24(25,26)27/h2-7,16H,8-15,17H2,1H3. The van der Waals surface area contributed by atoms with E-state index in [9.17, 15) is 18.0 Å². The molecular formula is C24H28F3N3O3. The van der Waals surface area contributed by atoms with Gasteiger partial charge in [0.05, 0.1) is 13.2 Å². The van der Waals surface area contributed by atoms with Crippen LogP contribution in [0.2, 0.25) is 0 Å². The van der Waals surface area contributed by atoms with Gasteiger partial charge in [0.2, 0.25) is 0 Å². The monoisotopic (exact) mass is 463 g/mol. The van der Waals surface area contributed by atoms with E-state index in [-0.39, 0.29) is 11.7 Å². The zero-order valence-electron chi connectivity index (χ0n) is 18.6. The topological polar surface area (TPSA) is 45.2 Å². The molecule has 33 heavy (non-hydrogen) atoms. The smallest absolute Gasteiger partial charge is 0.406 e. The van der Waals surface area contributed by atoms with Crippen molar-refractivity contribution in [2.75, 3.05) is 57.8 Å². The van der Waals surface area contributed by atoms with Crippen LogP contribution in [0.25, 0.3) is 0 Å². The molecule has 9 heteroatoms. The van der Waals surface area contributed by atoms with E-state index in [4.69, 9.17) is 4.74 Å². The molecule has 2 aromatic carbocycles. The van der Waals surface area contributed by atoms with Crippen molar-refractivity contribution in [3.63, 3.8) is 0 Å². The van der Waals surface area contributed by atoms with E-state index >= 15 is 0 Å². The van der Waals surface area contributed by atoms with Crippen LogP contribution in [0.4, 0.5) is 18.9 Å². The molecule has 0 N–H and O–H groups in total. The predicted octanol–water partition coefficient (Wildman–Crippen LogP) is 3.55. The van der Waals surface area contributed by atoms with Crippen molar-refractivity contribution in [2.24, 2.45) is 0 Å². The van der Waals surface area contributed by atoms with E-state index in [0.717, 1.165) is 50.4 Å². The molecule has 0 aliphatic carbocycles. The molecule has 2 aliphatic rings. The van der Waals surface area contributed by atoms with Crippen molar-refractivity contribution in [1.82, 2.24) is 9.80 Å². The normalized spacial score (nSPS) is 16.9. The molecule has 1 amide bonds. The Kier molecular flexibility index (Phi) is 7.09. The summed E-state index contributed by atoms with van der Waals surface area (Å²) in [5.74, 6) is -0.200. The summed E-state index contributed by atoms with van der Waals surface area (Å²) in [5.41, 5.74) is 3.92. The van der Waals surface area contributed by atoms with Gasteiger partial charge in [-0.1, -0.05) is 6.07 Å². The number of piperazine rings is 1. The summed E-state index contributed by atoms with van der Waals surface area (Å²) in [6.07, 6.45) is -3.85. The number of carbonyl (C=O) groups excluding carboxylic acids is 1. The highest BCUT2D eigenvalue weighted by atomic mass is 19.4. The first kappa shape index (κ1) is 23.4. The van der Waals surface area contributed by atoms with E-state index in [2.05, 4.69) is 14.5 Å². The molecule has 1 saturated heterocycles. The second-order valence-electron chi connectivity index (χ2n) is 8.38. The molecule has 0 saturated carbocycles. The van der Waals surface area contributed by atoms with E-state index in [0.29, 0.717) is 25.3 Å². The minimum atomic E-state index is -4.68. The summed E-state index contributed by atoms with van der Waals surface area (Å²) in [4.78, 5) is 19.0. The number of ether oxygens (including phenoxy) is 2. The number of halogens is 3. The lowest BCUT2D eigenvalue weighted by atomic mass is 10.00. The third kappa shape index (κ3) is 6.17. The maximum Gasteiger partial charge on any atom is 0.573 e. The Balaban J connectivity index is 1.23. The molecule has 0 spiro atoms. The van der Waals surface area contributed by atoms with Gasteiger partial charge in [0.25, 0.3) is 5.91 Å². The van der Waals surface area contributed by atoms with Crippen LogP contribution >= 0.6 is 0 Å². The average molecular weight is 464 g/mol. The van der Waals surface area contributed by atoms with Gasteiger partial charge < -0.3 is 19.3 Å². The maximum absolute atomic E-state index is 12.8. The lowest BCUT2D eigenvalue weighted by Crippen LogP contribution is -2.48. The summed E-state index contributed by atoms with van der Waals surface area (Å²) in [5, 5.41) is 0. The number of rotatable bonds is 6. The average Bonchev–Trinajstić information content (AvgIpc) is 2.81. The van der Waals surface area contributed by atoms with Gasteiger partial charge in [-0.25, -0.2) is 0 Å². The number of benzene rings is 2. The molecule has 2 aliphatic heterocycles. The first-order valence-corrected chi connectivity index (χ1v) is 11.1. The molecule has 1 fully saturated rings. The van der Waals surface area contributed by atoms with Crippen molar-refractivity contribution in [1.29, 1.82) is 0 Å². The lowest BCUT2D eigenvalue weighted by molar-refractivity contribution is -0.274. The van der Waals surface area contributed by atoms with E-state index in [1.807, 2.05) is 25.2 Å². The Bertz CT molecular complexity index is 958. The number of carbonyl (C=O) groups is 1. The molecule has 0 bridgehead atoms. The number of anilines is 1. The zero-order chi connectivity index (χ0) is 23.4. The van der Waals surface area contributed by atoms with Gasteiger partial charge >= 0.3 is 6.36 Å². The predicted molar refractivity (Wildman–Crippen MR) is 119 cm³/mol. The second-order valence-corrected chi connectivity index (χ2v) is 8.38. The summed E-state index contributed by atoms with van der Waals surface area (Å²) in [7, 11) is 1.83. The highest BCUT2D eigenvalue weighted by molar-refractivity contribution is 5.94. The molecule has 2 heterocycles. The fraction of sp³-hybridized carbons (Fsp3) is 0.458. The Labute approximate surface area is 191 Å². The number of likely N-dealkylation sites (N-methyl/N-ethyl adjacent to an activating group) is 1. The molecule has 6 nitrogen and oxygen atoms in total. The number of amides is 1. The molecule has 0 atom stereocenters. The second kappa shape index (κ2) is 10.0. The van der Waals surface area contributed by atoms with Gasteiger partial charge in [0.1, 0.15) is 5.75 Å². The largest absolute Gasteiger partial charge is 0.573 e. The third-order valence-corrected chi connectivity index (χ3v) is 6.13. The van der Waals surface area contributed by atoms with Gasteiger partial charge in [-0.15, -0.1) is 13.2 Å². The number of hydrogen-bond acceptors (Lipinski definition) is 5. The van der Waals surface area contributed by atoms with Crippen molar-refractivity contribution in [2.45, 2.75) is 19.4 Å². The van der Waals surface area contributed by atoms with Crippen LogP contribution in [0, 0.1) is 0 Å². The van der Waals surface area contributed by atoms with Gasteiger partial charge in [-0.3, -0.25) is 9.69 Å². The van der Waals surface area contributed by atoms with Crippen molar-refractivity contribution >= 4 is 11.6 Å². The fourth-order valence-electron chi connectivity index (χ4n) is 4.20. The van der Waals surface area contributed by atoms with Crippen molar-refractivity contribution in [3.8, 4) is 5.75 Å². The number of fused-ring (bicyclic) bond motifs is 1. The Hall–Kier alpha value is -2.78. The van der Waals surface area contributed by atoms with Crippen molar-refractivity contribution in [3.05, 3.63) is 59.2 Å². The Morgan fingerprint density at radius 1 is 1.06 bits per heavy atom. The quantitative estimate of drug-likeness (QED) is 0.656. The number of hydrogen-bond donors (Lipinski definition) is 0. The lowest BCUT2D eigenvalue weighted by Gasteiger charge is -2.36. The Morgan fingerprint density at radius 2 is 1.79 bits per heavy atom. The molecule has 0 aromatic heterocycles. The van der Waals surface area contributed by atoms with Crippen LogP contribution in [0.3, 0.4) is 0 Å². The highest BCUT2D eigenvalue weighted by Gasteiger charge is 2.31. The molecule has 178 valence electrons. The minimum Gasteiger partial charge on any atom is -0.406 e. The summed E-state index contributed by atoms with van der Waals surface area (Å²) >= 11 is 0. The zero-order valence-corrected chi connectivity index (χ0v) is 18.6. The van der Waals surface area contributed by atoms with Crippen LogP contribution in [0.1, 0.15) is 21.5 Å². The van der Waals surface area contributed by atoms with Gasteiger partial charge in [0, 0.05) is 57.6 Å². The van der Waals surface area contributed by atoms with Gasteiger partial charge in [0.15, 0.2) is 0 Å². The van der Waals surface area contributed by atoms with Gasteiger partial charge in [-0.2, -0.15) is 0 Å². The first-order valence-electron chi connectivity index (χ1n) is 11.1. The van der Waals surface area contributed by atoms with Crippen LogP contribution in [-0.4, -0.2) is 75.0 Å². The van der Waals surface area contributed by atoms with Gasteiger partial charge in [-0.05, 0) is 53.9 Å². The first-order chi connectivity index (χ1) is 15.8. The van der Waals surface area contributed by atoms with Crippen LogP contribution in [0.5, 0.6) is 5.75 Å². The van der Waals surface area contributed by atoms with E-state index in [1.165, 1.54) is 17.7 Å². The van der Waals surface area contributed by atoms with E-state index in [1.54, 1.807) is 17.0 Å². The molecular weight excluding hydrogens is 435 g/mol. The van der Waals surface area contributed by atoms with Crippen LogP contribution in [0.15, 0.2) is 42.5 Å². The van der Waals surface area contributed by atoms with Crippen LogP contribution < -0.4 is 9.64 Å². The van der Waals surface area contributed by atoms with Crippen LogP contribution in [-0.2, 0) is 17.8 Å². The third-order valence-electron chi connectivity index (χ3n) is 6.13. The fourth-order valence-corrected chi connectivity index (χ4v) is 4.20. The van der Waals surface area contributed by atoms with E-state index < -0.39 is 6.36 Å². The summed E-state index contributed by atoms with van der Waals surface area (Å²) in [6.45, 7) is 5.88. The summed E-state index contributed by atoms with van der Waals surface area (Å²) in [6, 6.07) is 11.8. The summed E-state index contributed by atoms with van der Waals surface area (Å²) < 4.78 is 46.3. The molecule has 4 rings (SSSR count). The number of nitrogens with zero attached hydrogens (tertiary/aromatic N) is 3. The molecule has 0 radical (unpaired) electrons. The Morgan fingerprint density at radius 3 is 2.48 bits per heavy atom. The SMILES string of the molecule is CN(CCN1CCN(c2ccc(OC(F)(F)F)cc2)CC1)C(=O)c1ccc2c(c1)CCOC2. The molecule has 2 aromatic rings.